The second-order valence-electron chi connectivity index (χ2n) is 13.0. The zero-order valence-electron chi connectivity index (χ0n) is 28.3. The molecule has 1 aliphatic heterocycles. The molecule has 248 valence electrons. The van der Waals surface area contributed by atoms with Gasteiger partial charge in [0, 0.05) is 0 Å². The Hall–Kier alpha value is -6.05. The van der Waals surface area contributed by atoms with Crippen LogP contribution in [0.1, 0.15) is 5.56 Å². The van der Waals surface area contributed by atoms with Crippen LogP contribution in [0.5, 0.6) is 0 Å². The predicted octanol–water partition coefficient (Wildman–Crippen LogP) is 12.4. The van der Waals surface area contributed by atoms with Crippen molar-refractivity contribution in [2.45, 2.75) is 4.43 Å². The molecule has 0 amide bonds. The number of halogens is 1. The van der Waals surface area contributed by atoms with Crippen molar-refractivity contribution in [3.63, 3.8) is 0 Å². The number of hydrogen-bond acceptors (Lipinski definition) is 3. The first-order chi connectivity index (χ1) is 25.8. The third kappa shape index (κ3) is 5.28. The molecule has 0 spiro atoms. The molecule has 0 atom stereocenters. The molecule has 0 aliphatic carbocycles. The fourth-order valence-electron chi connectivity index (χ4n) is 7.41. The van der Waals surface area contributed by atoms with Gasteiger partial charge in [-0.05, 0) is 0 Å². The number of benzene rings is 7. The van der Waals surface area contributed by atoms with Crippen LogP contribution in [0.15, 0.2) is 188 Å². The van der Waals surface area contributed by atoms with Gasteiger partial charge in [-0.1, -0.05) is 24.3 Å². The zero-order chi connectivity index (χ0) is 34.4. The van der Waals surface area contributed by atoms with Gasteiger partial charge in [-0.15, -0.1) is 0 Å². The van der Waals surface area contributed by atoms with Gasteiger partial charge in [-0.2, -0.15) is 0 Å². The summed E-state index contributed by atoms with van der Waals surface area (Å²) in [6.07, 6.45) is 1.99. The Bertz CT molecular complexity index is 2710. The van der Waals surface area contributed by atoms with Crippen molar-refractivity contribution in [2.75, 3.05) is 4.90 Å². The number of hydrogen-bond donors (Lipinski definition) is 0. The van der Waals surface area contributed by atoms with Crippen molar-refractivity contribution in [1.29, 1.82) is 0 Å². The summed E-state index contributed by atoms with van der Waals surface area (Å²) in [7, 11) is 0. The normalized spacial score (nSPS) is 12.6. The van der Waals surface area contributed by atoms with Gasteiger partial charge in [0.05, 0.1) is 0 Å². The summed E-state index contributed by atoms with van der Waals surface area (Å²) in [6, 6.07) is 65.4. The Balaban J connectivity index is 1.15. The standard InChI is InChI=1S/C47H33IN4/c1-4-14-33(15-5-1)31-48-42-22-12-10-20-39(42)41-30-38(28-29-43(41)48)51(37-26-24-35(25-27-37)34-16-6-2-7-17-34)47-49-32-45-46(50-47)40-21-11-13-23-44(40)52(45)36-18-8-3-9-19-36/h1-30,32H,31H2. The van der Waals surface area contributed by atoms with Crippen molar-refractivity contribution in [1.82, 2.24) is 14.5 Å². The first-order valence-electron chi connectivity index (χ1n) is 17.5. The van der Waals surface area contributed by atoms with Gasteiger partial charge in [0.2, 0.25) is 0 Å². The van der Waals surface area contributed by atoms with Crippen LogP contribution in [0.25, 0.3) is 49.9 Å². The summed E-state index contributed by atoms with van der Waals surface area (Å²) in [4.78, 5) is 12.8. The van der Waals surface area contributed by atoms with Crippen molar-refractivity contribution < 1.29 is 0 Å². The third-order valence-electron chi connectivity index (χ3n) is 9.84. The maximum absolute atomic E-state index is 5.40. The fourth-order valence-corrected chi connectivity index (χ4v) is 13.8. The molecule has 7 aromatic carbocycles. The van der Waals surface area contributed by atoms with E-state index in [4.69, 9.17) is 9.97 Å². The van der Waals surface area contributed by atoms with Crippen molar-refractivity contribution in [2.24, 2.45) is 0 Å². The van der Waals surface area contributed by atoms with Crippen molar-refractivity contribution >= 4 is 59.1 Å². The van der Waals surface area contributed by atoms with Gasteiger partial charge in [0.1, 0.15) is 0 Å². The molecule has 0 saturated carbocycles. The zero-order valence-corrected chi connectivity index (χ0v) is 30.4. The number of fused-ring (bicyclic) bond motifs is 6. The molecule has 10 rings (SSSR count). The average molecular weight is 781 g/mol. The van der Waals surface area contributed by atoms with E-state index in [0.717, 1.165) is 43.4 Å². The number of anilines is 3. The second-order valence-corrected chi connectivity index (χ2v) is 18.1. The van der Waals surface area contributed by atoms with Crippen LogP contribution in [0, 0.1) is 7.14 Å². The molecule has 0 radical (unpaired) electrons. The molecule has 5 heteroatoms. The van der Waals surface area contributed by atoms with Crippen LogP contribution in [-0.4, -0.2) is 14.5 Å². The monoisotopic (exact) mass is 780 g/mol. The summed E-state index contributed by atoms with van der Waals surface area (Å²) in [5.41, 5.74) is 12.6. The first-order valence-corrected chi connectivity index (χ1v) is 21.2. The Morgan fingerprint density at radius 3 is 1.96 bits per heavy atom. The van der Waals surface area contributed by atoms with Crippen LogP contribution in [0.4, 0.5) is 17.3 Å². The van der Waals surface area contributed by atoms with E-state index >= 15 is 0 Å². The fraction of sp³-hybridized carbons (Fsp3) is 0.0213. The molecule has 52 heavy (non-hydrogen) atoms. The Morgan fingerprint density at radius 1 is 0.519 bits per heavy atom. The van der Waals surface area contributed by atoms with Crippen LogP contribution < -0.4 is 4.90 Å². The van der Waals surface area contributed by atoms with Gasteiger partial charge in [-0.25, -0.2) is 0 Å². The van der Waals surface area contributed by atoms with E-state index in [1.807, 2.05) is 6.20 Å². The topological polar surface area (TPSA) is 34.0 Å². The minimum atomic E-state index is -1.71. The van der Waals surface area contributed by atoms with E-state index in [-0.39, 0.29) is 0 Å². The number of alkyl halides is 1. The van der Waals surface area contributed by atoms with Crippen molar-refractivity contribution in [3.8, 4) is 27.9 Å². The van der Waals surface area contributed by atoms with Gasteiger partial charge in [0.25, 0.3) is 0 Å². The summed E-state index contributed by atoms with van der Waals surface area (Å²) in [5, 5.41) is 1.10. The Morgan fingerprint density at radius 2 is 1.15 bits per heavy atom. The Labute approximate surface area is 310 Å². The van der Waals surface area contributed by atoms with E-state index < -0.39 is 19.8 Å². The van der Waals surface area contributed by atoms with E-state index in [0.29, 0.717) is 5.95 Å². The molecule has 0 unspecified atom stereocenters. The second kappa shape index (κ2) is 12.9. The molecule has 4 nitrogen and oxygen atoms in total. The summed E-state index contributed by atoms with van der Waals surface area (Å²) in [6.45, 7) is 0. The van der Waals surface area contributed by atoms with Crippen LogP contribution in [0.3, 0.4) is 0 Å². The molecule has 0 bridgehead atoms. The molecular weight excluding hydrogens is 747 g/mol. The van der Waals surface area contributed by atoms with Gasteiger partial charge in [0.15, 0.2) is 0 Å². The Kier molecular flexibility index (Phi) is 7.64. The van der Waals surface area contributed by atoms with Crippen LogP contribution >= 0.6 is 19.8 Å². The molecule has 1 aliphatic rings. The summed E-state index contributed by atoms with van der Waals surface area (Å²) in [5.74, 6) is 0.641. The van der Waals surface area contributed by atoms with Crippen molar-refractivity contribution in [3.05, 3.63) is 201 Å². The SMILES string of the molecule is c1ccc(CI2c3ccccc3-c3cc(N(c4ccc(-c5ccccc5)cc4)c4ncc5c(n4)c4ccccc4n5-c4ccccc4)ccc32)cc1. The molecule has 0 N–H and O–H groups in total. The molecular formula is C47H33IN4. The van der Waals surface area contributed by atoms with Gasteiger partial charge >= 0.3 is 288 Å². The number of rotatable bonds is 7. The average Bonchev–Trinajstić information content (AvgIpc) is 3.71. The van der Waals surface area contributed by atoms with E-state index in [2.05, 4.69) is 191 Å². The van der Waals surface area contributed by atoms with E-state index in [1.165, 1.54) is 35.0 Å². The molecule has 9 aromatic rings. The predicted molar refractivity (Wildman–Crippen MR) is 223 cm³/mol. The van der Waals surface area contributed by atoms with Gasteiger partial charge < -0.3 is 0 Å². The first kappa shape index (κ1) is 30.7. The van der Waals surface area contributed by atoms with E-state index in [1.54, 1.807) is 0 Å². The number of para-hydroxylation sites is 2. The van der Waals surface area contributed by atoms with E-state index in [9.17, 15) is 0 Å². The summed E-state index contributed by atoms with van der Waals surface area (Å²) >= 11 is -1.71. The van der Waals surface area contributed by atoms with Crippen LogP contribution in [-0.2, 0) is 4.43 Å². The third-order valence-corrected chi connectivity index (χ3v) is 16.2. The quantitative estimate of drug-likeness (QED) is 0.119. The van der Waals surface area contributed by atoms with Crippen LogP contribution in [0.2, 0.25) is 0 Å². The molecule has 2 aromatic heterocycles. The van der Waals surface area contributed by atoms with Gasteiger partial charge in [-0.3, -0.25) is 0 Å². The number of nitrogens with zero attached hydrogens (tertiary/aromatic N) is 4. The molecule has 3 heterocycles. The number of aromatic nitrogens is 3. The minimum absolute atomic E-state index is 0.641. The molecule has 0 saturated heterocycles. The molecule has 0 fully saturated rings. The summed E-state index contributed by atoms with van der Waals surface area (Å²) < 4.78 is 6.43. The maximum atomic E-state index is 5.40.